The van der Waals surface area contributed by atoms with Crippen molar-refractivity contribution in [3.8, 4) is 0 Å². The third-order valence-corrected chi connectivity index (χ3v) is 9.05. The number of aliphatic hydroxyl groups excluding tert-OH is 3. The highest BCUT2D eigenvalue weighted by Gasteiger charge is 2.36. The summed E-state index contributed by atoms with van der Waals surface area (Å²) in [7, 11) is 2.15. The molecule has 2 heterocycles. The van der Waals surface area contributed by atoms with Crippen molar-refractivity contribution in [3.05, 3.63) is 41.6 Å². The molecule has 0 unspecified atom stereocenters. The largest absolute Gasteiger partial charge is 0.466 e. The highest BCUT2D eigenvalue weighted by molar-refractivity contribution is 5.99. The fraction of sp³-hybridized carbons (Fsp3) is 0.647. The number of fused-ring (bicyclic) bond motifs is 2. The molecule has 2 atom stereocenters. The second-order valence-corrected chi connectivity index (χ2v) is 12.0. The zero-order chi connectivity index (χ0) is 31.4. The molecule has 4 rings (SSSR count). The minimum absolute atomic E-state index is 0.0445. The predicted molar refractivity (Wildman–Crippen MR) is 170 cm³/mol. The maximum atomic E-state index is 12.9. The van der Waals surface area contributed by atoms with Crippen LogP contribution in [-0.2, 0) is 20.7 Å². The Kier molecular flexibility index (Phi) is 13.7. The Hall–Kier alpha value is -2.72. The van der Waals surface area contributed by atoms with Gasteiger partial charge in [0.05, 0.1) is 32.3 Å². The summed E-state index contributed by atoms with van der Waals surface area (Å²) in [5.74, 6) is -0.0408. The topological polar surface area (TPSA) is 126 Å². The molecule has 0 fully saturated rings. The lowest BCUT2D eigenvalue weighted by Gasteiger charge is -2.40. The summed E-state index contributed by atoms with van der Waals surface area (Å²) in [5, 5.41) is 28.7. The van der Waals surface area contributed by atoms with Crippen molar-refractivity contribution in [3.63, 3.8) is 0 Å². The Labute approximate surface area is 256 Å². The molecule has 240 valence electrons. The summed E-state index contributed by atoms with van der Waals surface area (Å²) < 4.78 is 5.04. The molecule has 43 heavy (non-hydrogen) atoms. The number of aromatic nitrogens is 1. The maximum absolute atomic E-state index is 12.9. The molecule has 0 radical (unpaired) electrons. The molecule has 1 aromatic carbocycles. The van der Waals surface area contributed by atoms with Crippen LogP contribution < -0.4 is 0 Å². The van der Waals surface area contributed by atoms with E-state index in [0.717, 1.165) is 45.3 Å². The van der Waals surface area contributed by atoms with E-state index in [2.05, 4.69) is 68.2 Å². The number of ether oxygens (including phenoxy) is 1. The normalized spacial score (nSPS) is 18.0. The molecule has 9 nitrogen and oxygen atoms in total. The van der Waals surface area contributed by atoms with Crippen LogP contribution in [0.1, 0.15) is 76.8 Å². The Bertz CT molecular complexity index is 1190. The van der Waals surface area contributed by atoms with E-state index >= 15 is 0 Å². The SMILES string of the molecule is CCCCCCCC(=O)OCCC(CO)(CO)CO.CCN(CC)C(=O)[C@@H]1C=C2c3cccc4[nH]cc(c34)C[C@H]2N(C)C1. The van der Waals surface area contributed by atoms with E-state index in [1.54, 1.807) is 0 Å². The lowest BCUT2D eigenvalue weighted by atomic mass is 9.79. The van der Waals surface area contributed by atoms with E-state index < -0.39 is 5.41 Å². The van der Waals surface area contributed by atoms with Gasteiger partial charge in [-0.3, -0.25) is 14.5 Å². The van der Waals surface area contributed by atoms with Gasteiger partial charge in [0.1, 0.15) is 0 Å². The molecule has 2 aliphatic rings. The van der Waals surface area contributed by atoms with Gasteiger partial charge < -0.3 is 29.9 Å². The number of benzene rings is 1. The van der Waals surface area contributed by atoms with E-state index in [1.165, 1.54) is 40.4 Å². The molecule has 0 saturated carbocycles. The summed E-state index contributed by atoms with van der Waals surface area (Å²) >= 11 is 0. The summed E-state index contributed by atoms with van der Waals surface area (Å²) in [5.41, 5.74) is 4.25. The van der Waals surface area contributed by atoms with Crippen LogP contribution in [0.3, 0.4) is 0 Å². The van der Waals surface area contributed by atoms with E-state index in [1.807, 2.05) is 4.90 Å². The summed E-state index contributed by atoms with van der Waals surface area (Å²) in [4.78, 5) is 32.0. The Morgan fingerprint density at radius 2 is 1.74 bits per heavy atom. The molecule has 1 aliphatic heterocycles. The van der Waals surface area contributed by atoms with Crippen molar-refractivity contribution in [2.45, 2.75) is 78.2 Å². The van der Waals surface area contributed by atoms with Gasteiger partial charge in [-0.25, -0.2) is 0 Å². The number of aliphatic hydroxyl groups is 3. The number of amides is 1. The van der Waals surface area contributed by atoms with E-state index in [9.17, 15) is 9.59 Å². The van der Waals surface area contributed by atoms with E-state index in [0.29, 0.717) is 12.5 Å². The van der Waals surface area contributed by atoms with Crippen LogP contribution >= 0.6 is 0 Å². The number of carbonyl (C=O) groups is 2. The van der Waals surface area contributed by atoms with Crippen molar-refractivity contribution >= 4 is 28.4 Å². The molecule has 1 aliphatic carbocycles. The average Bonchev–Trinajstić information content (AvgIpc) is 3.45. The number of hydrogen-bond acceptors (Lipinski definition) is 7. The maximum Gasteiger partial charge on any atom is 0.305 e. The molecule has 1 amide bonds. The quantitative estimate of drug-likeness (QED) is 0.179. The first-order valence-electron chi connectivity index (χ1n) is 16.1. The van der Waals surface area contributed by atoms with Crippen molar-refractivity contribution in [2.24, 2.45) is 11.3 Å². The second kappa shape index (κ2) is 16.9. The number of carbonyl (C=O) groups excluding carboxylic acids is 2. The van der Waals surface area contributed by atoms with Crippen molar-refractivity contribution < 1.29 is 29.6 Å². The fourth-order valence-corrected chi connectivity index (χ4v) is 6.09. The molecular formula is C34H53N3O6. The van der Waals surface area contributed by atoms with Gasteiger partial charge in [-0.2, -0.15) is 0 Å². The van der Waals surface area contributed by atoms with Crippen LogP contribution in [0.5, 0.6) is 0 Å². The predicted octanol–water partition coefficient (Wildman–Crippen LogP) is 4.15. The van der Waals surface area contributed by atoms with E-state index in [-0.39, 0.29) is 50.6 Å². The van der Waals surface area contributed by atoms with Crippen LogP contribution in [0.15, 0.2) is 30.5 Å². The molecule has 2 aromatic rings. The number of aromatic amines is 1. The number of rotatable bonds is 15. The zero-order valence-corrected chi connectivity index (χ0v) is 26.6. The van der Waals surface area contributed by atoms with Crippen LogP contribution in [0.25, 0.3) is 16.5 Å². The van der Waals surface area contributed by atoms with Gasteiger partial charge in [-0.05, 0) is 62.9 Å². The highest BCUT2D eigenvalue weighted by atomic mass is 16.5. The van der Waals surface area contributed by atoms with Crippen LogP contribution in [0, 0.1) is 11.3 Å². The Morgan fingerprint density at radius 1 is 1.05 bits per heavy atom. The van der Waals surface area contributed by atoms with Crippen LogP contribution in [0.2, 0.25) is 0 Å². The lowest BCUT2D eigenvalue weighted by molar-refractivity contribution is -0.145. The van der Waals surface area contributed by atoms with Gasteiger partial charge in [0, 0.05) is 54.6 Å². The third kappa shape index (κ3) is 8.69. The van der Waals surface area contributed by atoms with Gasteiger partial charge in [-0.15, -0.1) is 0 Å². The minimum atomic E-state index is -0.957. The first kappa shape index (κ1) is 34.8. The number of unbranched alkanes of at least 4 members (excludes halogenated alkanes) is 4. The Balaban J connectivity index is 0.000000244. The minimum Gasteiger partial charge on any atom is -0.466 e. The first-order valence-corrected chi connectivity index (χ1v) is 16.1. The zero-order valence-electron chi connectivity index (χ0n) is 26.6. The molecule has 9 heteroatoms. The summed E-state index contributed by atoms with van der Waals surface area (Å²) in [6.45, 7) is 7.75. The van der Waals surface area contributed by atoms with Gasteiger partial charge in [-0.1, -0.05) is 50.8 Å². The standard InChI is InChI=1S/C20H25N3O.C14H28O5/c1-4-23(5-2)20(24)14-9-16-15-7-6-8-17-19(15)13(11-21-17)10-18(16)22(3)12-14;1-2-3-4-5-6-7-13(18)19-9-8-14(10-15,11-16)12-17/h6-9,11,14,18,21H,4-5,10,12H2,1-3H3;15-17H,2-12H2,1H3/t14-,18-;/m1./s1. The number of likely N-dealkylation sites (N-methyl/N-ethyl adjacent to an activating group) is 1. The number of H-pyrrole nitrogens is 1. The third-order valence-electron chi connectivity index (χ3n) is 9.05. The molecular weight excluding hydrogens is 546 g/mol. The van der Waals surface area contributed by atoms with E-state index in [4.69, 9.17) is 20.1 Å². The van der Waals surface area contributed by atoms with Gasteiger partial charge in [0.2, 0.25) is 5.91 Å². The number of nitrogens with zero attached hydrogens (tertiary/aromatic N) is 2. The monoisotopic (exact) mass is 599 g/mol. The number of hydrogen-bond donors (Lipinski definition) is 4. The van der Waals surface area contributed by atoms with Crippen molar-refractivity contribution in [1.82, 2.24) is 14.8 Å². The van der Waals surface area contributed by atoms with Gasteiger partial charge in [0.25, 0.3) is 0 Å². The first-order chi connectivity index (χ1) is 20.8. The molecule has 1 aromatic heterocycles. The summed E-state index contributed by atoms with van der Waals surface area (Å²) in [6.07, 6.45) is 11.5. The smallest absolute Gasteiger partial charge is 0.305 e. The number of nitrogens with one attached hydrogen (secondary N) is 1. The number of esters is 1. The van der Waals surface area contributed by atoms with Crippen molar-refractivity contribution in [2.75, 3.05) is 53.1 Å². The summed E-state index contributed by atoms with van der Waals surface area (Å²) in [6, 6.07) is 6.82. The Morgan fingerprint density at radius 3 is 2.40 bits per heavy atom. The van der Waals surface area contributed by atoms with Gasteiger partial charge in [0.15, 0.2) is 0 Å². The molecule has 0 spiro atoms. The van der Waals surface area contributed by atoms with Crippen LogP contribution in [0.4, 0.5) is 0 Å². The van der Waals surface area contributed by atoms with Crippen LogP contribution in [-0.4, -0.2) is 101 Å². The second-order valence-electron chi connectivity index (χ2n) is 12.0. The lowest BCUT2D eigenvalue weighted by Crippen LogP contribution is -2.47. The molecule has 4 N–H and O–H groups in total. The molecule has 0 saturated heterocycles. The average molecular weight is 600 g/mol. The fourth-order valence-electron chi connectivity index (χ4n) is 6.09. The molecule has 0 bridgehead atoms. The van der Waals surface area contributed by atoms with Gasteiger partial charge >= 0.3 is 5.97 Å². The van der Waals surface area contributed by atoms with Crippen molar-refractivity contribution in [1.29, 1.82) is 0 Å². The highest BCUT2D eigenvalue weighted by Crippen LogP contribution is 2.41.